The zero-order valence-corrected chi connectivity index (χ0v) is 9.87. The van der Waals surface area contributed by atoms with Gasteiger partial charge in [-0.25, -0.2) is 0 Å². The Morgan fingerprint density at radius 3 is 2.27 bits per heavy atom. The summed E-state index contributed by atoms with van der Waals surface area (Å²) in [6.07, 6.45) is 7.00. The van der Waals surface area contributed by atoms with Crippen molar-refractivity contribution in [2.24, 2.45) is 0 Å². The fraction of sp³-hybridized carbons (Fsp3) is 1.00. The molecule has 0 saturated heterocycles. The molecule has 1 saturated carbocycles. The normalized spacial score (nSPS) is 18.2. The molecular formula is C12H24O3. The molecule has 3 nitrogen and oxygen atoms in total. The third-order valence-corrected chi connectivity index (χ3v) is 2.71. The highest BCUT2D eigenvalue weighted by atomic mass is 16.5. The number of hydrogen-bond acceptors (Lipinski definition) is 3. The predicted octanol–water partition coefficient (Wildman–Crippen LogP) is 2.39. The summed E-state index contributed by atoms with van der Waals surface area (Å²) in [5.41, 5.74) is 0. The minimum Gasteiger partial charge on any atom is -0.379 e. The second-order valence-corrected chi connectivity index (χ2v) is 3.94. The maximum atomic E-state index is 5.72. The van der Waals surface area contributed by atoms with Crippen LogP contribution in [0.3, 0.4) is 0 Å². The van der Waals surface area contributed by atoms with E-state index < -0.39 is 0 Å². The average molecular weight is 216 g/mol. The second kappa shape index (κ2) is 9.13. The Kier molecular flexibility index (Phi) is 7.88. The third-order valence-electron chi connectivity index (χ3n) is 2.71. The van der Waals surface area contributed by atoms with E-state index in [-0.39, 0.29) is 0 Å². The maximum absolute atomic E-state index is 5.72. The maximum Gasteiger partial charge on any atom is 0.0704 e. The predicted molar refractivity (Wildman–Crippen MR) is 60.1 cm³/mol. The molecule has 0 aromatic carbocycles. The highest BCUT2D eigenvalue weighted by Crippen LogP contribution is 2.19. The molecule has 0 N–H and O–H groups in total. The molecule has 1 aliphatic carbocycles. The molecular weight excluding hydrogens is 192 g/mol. The molecule has 90 valence electrons. The van der Waals surface area contributed by atoms with Gasteiger partial charge in [-0.3, -0.25) is 0 Å². The van der Waals surface area contributed by atoms with Crippen LogP contribution >= 0.6 is 0 Å². The largest absolute Gasteiger partial charge is 0.379 e. The van der Waals surface area contributed by atoms with E-state index in [2.05, 4.69) is 0 Å². The van der Waals surface area contributed by atoms with Crippen molar-refractivity contribution in [1.82, 2.24) is 0 Å². The van der Waals surface area contributed by atoms with Gasteiger partial charge in [0.1, 0.15) is 0 Å². The lowest BCUT2D eigenvalue weighted by molar-refractivity contribution is -0.0210. The van der Waals surface area contributed by atoms with E-state index in [1.54, 1.807) is 0 Å². The van der Waals surface area contributed by atoms with Gasteiger partial charge in [0.15, 0.2) is 0 Å². The SMILES string of the molecule is CCOCCOCCOC1CCCCC1. The van der Waals surface area contributed by atoms with Crippen molar-refractivity contribution in [2.75, 3.05) is 33.0 Å². The first-order valence-electron chi connectivity index (χ1n) is 6.20. The Morgan fingerprint density at radius 2 is 1.53 bits per heavy atom. The minimum atomic E-state index is 0.495. The molecule has 0 aliphatic heterocycles. The first-order chi connectivity index (χ1) is 7.43. The van der Waals surface area contributed by atoms with Crippen molar-refractivity contribution in [2.45, 2.75) is 45.1 Å². The van der Waals surface area contributed by atoms with Crippen LogP contribution in [0.4, 0.5) is 0 Å². The van der Waals surface area contributed by atoms with Gasteiger partial charge in [-0.1, -0.05) is 19.3 Å². The average Bonchev–Trinajstić information content (AvgIpc) is 2.29. The molecule has 0 radical (unpaired) electrons. The Hall–Kier alpha value is -0.120. The molecule has 1 aliphatic rings. The summed E-state index contributed by atoms with van der Waals surface area (Å²) in [7, 11) is 0. The van der Waals surface area contributed by atoms with Crippen molar-refractivity contribution in [3.63, 3.8) is 0 Å². The van der Waals surface area contributed by atoms with Gasteiger partial charge in [0.2, 0.25) is 0 Å². The lowest BCUT2D eigenvalue weighted by Crippen LogP contribution is -2.19. The lowest BCUT2D eigenvalue weighted by atomic mass is 9.98. The van der Waals surface area contributed by atoms with Crippen LogP contribution in [0.1, 0.15) is 39.0 Å². The third kappa shape index (κ3) is 6.88. The first-order valence-corrected chi connectivity index (χ1v) is 6.20. The number of ether oxygens (including phenoxy) is 3. The standard InChI is InChI=1S/C12H24O3/c1-2-13-8-9-14-10-11-15-12-6-4-3-5-7-12/h12H,2-11H2,1H3. The minimum absolute atomic E-state index is 0.495. The van der Waals surface area contributed by atoms with E-state index in [0.717, 1.165) is 13.2 Å². The molecule has 0 spiro atoms. The highest BCUT2D eigenvalue weighted by molar-refractivity contribution is 4.64. The highest BCUT2D eigenvalue weighted by Gasteiger charge is 2.12. The Labute approximate surface area is 93.1 Å². The van der Waals surface area contributed by atoms with Gasteiger partial charge in [0.25, 0.3) is 0 Å². The summed E-state index contributed by atoms with van der Waals surface area (Å²) in [6.45, 7) is 5.57. The summed E-state index contributed by atoms with van der Waals surface area (Å²) >= 11 is 0. The van der Waals surface area contributed by atoms with E-state index in [0.29, 0.717) is 25.9 Å². The van der Waals surface area contributed by atoms with Crippen molar-refractivity contribution >= 4 is 0 Å². The van der Waals surface area contributed by atoms with Crippen LogP contribution in [-0.4, -0.2) is 39.1 Å². The van der Waals surface area contributed by atoms with Crippen molar-refractivity contribution in [1.29, 1.82) is 0 Å². The Morgan fingerprint density at radius 1 is 0.867 bits per heavy atom. The first kappa shape index (κ1) is 12.9. The van der Waals surface area contributed by atoms with E-state index >= 15 is 0 Å². The Balaban J connectivity index is 1.79. The molecule has 0 amide bonds. The summed E-state index contributed by atoms with van der Waals surface area (Å²) in [5, 5.41) is 0. The summed E-state index contributed by atoms with van der Waals surface area (Å²) < 4.78 is 16.3. The topological polar surface area (TPSA) is 27.7 Å². The molecule has 3 heteroatoms. The Bertz CT molecular complexity index is 133. The van der Waals surface area contributed by atoms with Crippen LogP contribution in [0.5, 0.6) is 0 Å². The zero-order chi connectivity index (χ0) is 10.8. The molecule has 0 aromatic rings. The van der Waals surface area contributed by atoms with Crippen LogP contribution in [0.15, 0.2) is 0 Å². The van der Waals surface area contributed by atoms with Crippen molar-refractivity contribution < 1.29 is 14.2 Å². The second-order valence-electron chi connectivity index (χ2n) is 3.94. The fourth-order valence-corrected chi connectivity index (χ4v) is 1.87. The van der Waals surface area contributed by atoms with E-state index in [1.807, 2.05) is 6.92 Å². The quantitative estimate of drug-likeness (QED) is 0.583. The number of rotatable bonds is 8. The molecule has 0 atom stereocenters. The fourth-order valence-electron chi connectivity index (χ4n) is 1.87. The van der Waals surface area contributed by atoms with Gasteiger partial charge in [-0.05, 0) is 19.8 Å². The van der Waals surface area contributed by atoms with Gasteiger partial charge >= 0.3 is 0 Å². The molecule has 0 aromatic heterocycles. The molecule has 0 heterocycles. The monoisotopic (exact) mass is 216 g/mol. The van der Waals surface area contributed by atoms with Crippen molar-refractivity contribution in [3.8, 4) is 0 Å². The van der Waals surface area contributed by atoms with Crippen molar-refractivity contribution in [3.05, 3.63) is 0 Å². The van der Waals surface area contributed by atoms with E-state index in [4.69, 9.17) is 14.2 Å². The van der Waals surface area contributed by atoms with Crippen LogP contribution in [0.25, 0.3) is 0 Å². The molecule has 0 bridgehead atoms. The number of hydrogen-bond donors (Lipinski definition) is 0. The van der Waals surface area contributed by atoms with Gasteiger partial charge in [-0.2, -0.15) is 0 Å². The zero-order valence-electron chi connectivity index (χ0n) is 9.87. The van der Waals surface area contributed by atoms with Gasteiger partial charge < -0.3 is 14.2 Å². The molecule has 0 unspecified atom stereocenters. The van der Waals surface area contributed by atoms with Crippen LogP contribution in [-0.2, 0) is 14.2 Å². The summed E-state index contributed by atoms with van der Waals surface area (Å²) in [6, 6.07) is 0. The van der Waals surface area contributed by atoms with Gasteiger partial charge in [0.05, 0.1) is 32.5 Å². The summed E-state index contributed by atoms with van der Waals surface area (Å²) in [5.74, 6) is 0. The van der Waals surface area contributed by atoms with Crippen LogP contribution in [0, 0.1) is 0 Å². The smallest absolute Gasteiger partial charge is 0.0704 e. The molecule has 1 rings (SSSR count). The van der Waals surface area contributed by atoms with Gasteiger partial charge in [0, 0.05) is 6.61 Å². The lowest BCUT2D eigenvalue weighted by Gasteiger charge is -2.21. The van der Waals surface area contributed by atoms with Crippen LogP contribution in [0.2, 0.25) is 0 Å². The van der Waals surface area contributed by atoms with Gasteiger partial charge in [-0.15, -0.1) is 0 Å². The van der Waals surface area contributed by atoms with E-state index in [1.165, 1.54) is 32.1 Å². The summed E-state index contributed by atoms with van der Waals surface area (Å²) in [4.78, 5) is 0. The van der Waals surface area contributed by atoms with E-state index in [9.17, 15) is 0 Å². The van der Waals surface area contributed by atoms with Crippen LogP contribution < -0.4 is 0 Å². The molecule has 15 heavy (non-hydrogen) atoms. The molecule has 1 fully saturated rings.